The Balaban J connectivity index is 1.34. The lowest BCUT2D eigenvalue weighted by molar-refractivity contribution is -0.137. The monoisotopic (exact) mass is 607 g/mol. The molecule has 10 nitrogen and oxygen atoms in total. The Hall–Kier alpha value is -4.33. The molecule has 6 rings (SSSR count). The number of carbonyl (C=O) groups excluding carboxylic acids is 1. The van der Waals surface area contributed by atoms with Gasteiger partial charge in [0.1, 0.15) is 34.9 Å². The molecule has 0 saturated heterocycles. The number of carbonyl (C=O) groups is 1. The Bertz CT molecular complexity index is 1690. The zero-order valence-corrected chi connectivity index (χ0v) is 23.7. The number of nitrogens with one attached hydrogen (secondary N) is 2. The van der Waals surface area contributed by atoms with Crippen molar-refractivity contribution in [3.05, 3.63) is 77.5 Å². The van der Waals surface area contributed by atoms with Crippen molar-refractivity contribution in [1.82, 2.24) is 24.7 Å². The SMILES string of the molecule is Nc1ncc2n3c(nc(-c4ccc(C(=O)Nc5cc(C(F)(F)F)ccn5)cc4)c13)[C@@H]1CC[C@H](C1)NC(O)CCOCCC=C2. The van der Waals surface area contributed by atoms with Crippen LogP contribution in [0.3, 0.4) is 0 Å². The summed E-state index contributed by atoms with van der Waals surface area (Å²) in [5.74, 6) is 0.439. The van der Waals surface area contributed by atoms with Crippen LogP contribution in [0.1, 0.15) is 65.5 Å². The van der Waals surface area contributed by atoms with Gasteiger partial charge in [-0.2, -0.15) is 13.2 Å². The molecule has 3 aromatic heterocycles. The van der Waals surface area contributed by atoms with Gasteiger partial charge < -0.3 is 20.9 Å². The van der Waals surface area contributed by atoms with Gasteiger partial charge in [0.05, 0.1) is 30.7 Å². The number of aliphatic hydroxyl groups is 1. The molecule has 44 heavy (non-hydrogen) atoms. The van der Waals surface area contributed by atoms with Gasteiger partial charge in [-0.15, -0.1) is 0 Å². The first-order valence-corrected chi connectivity index (χ1v) is 14.5. The fourth-order valence-electron chi connectivity index (χ4n) is 5.80. The number of rotatable bonds is 3. The van der Waals surface area contributed by atoms with E-state index in [9.17, 15) is 23.1 Å². The number of hydrogen-bond acceptors (Lipinski definition) is 8. The van der Waals surface area contributed by atoms with Crippen molar-refractivity contribution in [3.63, 3.8) is 0 Å². The molecular weight excluding hydrogens is 575 g/mol. The van der Waals surface area contributed by atoms with Gasteiger partial charge >= 0.3 is 6.18 Å². The smallest absolute Gasteiger partial charge is 0.382 e. The summed E-state index contributed by atoms with van der Waals surface area (Å²) >= 11 is 0. The number of alkyl halides is 3. The van der Waals surface area contributed by atoms with E-state index in [0.717, 1.165) is 49.1 Å². The van der Waals surface area contributed by atoms with Crippen LogP contribution in [0, 0.1) is 0 Å². The van der Waals surface area contributed by atoms with Crippen molar-refractivity contribution < 1.29 is 27.8 Å². The van der Waals surface area contributed by atoms with Crippen LogP contribution in [-0.2, 0) is 10.9 Å². The van der Waals surface area contributed by atoms with Gasteiger partial charge in [0, 0.05) is 35.7 Å². The van der Waals surface area contributed by atoms with Crippen LogP contribution in [0.5, 0.6) is 0 Å². The molecule has 0 radical (unpaired) electrons. The van der Waals surface area contributed by atoms with E-state index in [0.29, 0.717) is 48.6 Å². The Morgan fingerprint density at radius 2 is 1.93 bits per heavy atom. The topological polar surface area (TPSA) is 140 Å². The van der Waals surface area contributed by atoms with E-state index in [1.54, 1.807) is 30.5 Å². The number of aromatic nitrogens is 4. The average molecular weight is 608 g/mol. The zero-order chi connectivity index (χ0) is 30.8. The number of amides is 1. The highest BCUT2D eigenvalue weighted by molar-refractivity contribution is 6.04. The Kier molecular flexibility index (Phi) is 8.34. The van der Waals surface area contributed by atoms with Crippen molar-refractivity contribution in [2.24, 2.45) is 0 Å². The van der Waals surface area contributed by atoms with Crippen LogP contribution in [0.15, 0.2) is 54.9 Å². The third kappa shape index (κ3) is 6.30. The lowest BCUT2D eigenvalue weighted by Gasteiger charge is -2.18. The molecule has 2 aliphatic rings. The Morgan fingerprint density at radius 1 is 1.11 bits per heavy atom. The van der Waals surface area contributed by atoms with Crippen molar-refractivity contribution in [1.29, 1.82) is 0 Å². The molecule has 4 heterocycles. The summed E-state index contributed by atoms with van der Waals surface area (Å²) in [7, 11) is 0. The Labute approximate surface area is 251 Å². The van der Waals surface area contributed by atoms with E-state index in [1.807, 2.05) is 16.6 Å². The molecule has 1 unspecified atom stereocenters. The van der Waals surface area contributed by atoms with Crippen LogP contribution in [0.2, 0.25) is 0 Å². The summed E-state index contributed by atoms with van der Waals surface area (Å²) in [4.78, 5) is 26.2. The van der Waals surface area contributed by atoms with Gasteiger partial charge in [0.2, 0.25) is 0 Å². The van der Waals surface area contributed by atoms with Gasteiger partial charge in [-0.3, -0.25) is 14.5 Å². The first kappa shape index (κ1) is 29.7. The van der Waals surface area contributed by atoms with Gasteiger partial charge in [0.15, 0.2) is 0 Å². The third-order valence-corrected chi connectivity index (χ3v) is 7.97. The van der Waals surface area contributed by atoms with Crippen molar-refractivity contribution >= 4 is 29.1 Å². The summed E-state index contributed by atoms with van der Waals surface area (Å²) in [6, 6.07) is 8.35. The number of benzene rings is 1. The quantitative estimate of drug-likeness (QED) is 0.255. The fourth-order valence-corrected chi connectivity index (χ4v) is 5.80. The molecule has 3 atom stereocenters. The molecule has 4 aromatic rings. The number of aliphatic hydroxyl groups excluding tert-OH is 1. The van der Waals surface area contributed by atoms with Crippen molar-refractivity contribution in [2.75, 3.05) is 24.3 Å². The third-order valence-electron chi connectivity index (χ3n) is 7.97. The van der Waals surface area contributed by atoms with E-state index in [-0.39, 0.29) is 23.3 Å². The standard InChI is InChI=1S/C31H32F3N7O3/c32-31(33,34)21-10-12-36-24(16-21)39-30(43)19-6-4-18(5-7-19)26-27-28(35)37-17-23-3-1-2-13-44-14-11-25(42)38-22-9-8-20(15-22)29(40-26)41(23)27/h1,3-7,10,12,16-17,20,22,25,38,42H,2,8-9,11,13-15H2,(H2,35,37)(H,36,39,43)/t20-,22-,25?/m1/s1. The van der Waals surface area contributed by atoms with Crippen LogP contribution >= 0.6 is 0 Å². The second-order valence-electron chi connectivity index (χ2n) is 11.0. The largest absolute Gasteiger partial charge is 0.416 e. The molecule has 13 heteroatoms. The molecule has 1 fully saturated rings. The average Bonchev–Trinajstić information content (AvgIpc) is 3.62. The minimum Gasteiger partial charge on any atom is -0.382 e. The number of anilines is 2. The number of ether oxygens (including phenoxy) is 1. The maximum Gasteiger partial charge on any atom is 0.416 e. The molecule has 230 valence electrons. The minimum atomic E-state index is -4.55. The molecule has 1 aliphatic heterocycles. The van der Waals surface area contributed by atoms with E-state index in [1.165, 1.54) is 0 Å². The summed E-state index contributed by atoms with van der Waals surface area (Å²) in [5, 5.41) is 16.2. The van der Waals surface area contributed by atoms with Gasteiger partial charge in [-0.05, 0) is 56.0 Å². The second kappa shape index (κ2) is 12.3. The molecule has 1 amide bonds. The molecule has 0 spiro atoms. The van der Waals surface area contributed by atoms with E-state index < -0.39 is 23.9 Å². The number of nitrogens with two attached hydrogens (primary N) is 1. The van der Waals surface area contributed by atoms with Crippen molar-refractivity contribution in [2.45, 2.75) is 56.5 Å². The maximum absolute atomic E-state index is 13.1. The first-order chi connectivity index (χ1) is 21.2. The number of pyridine rings is 1. The summed E-state index contributed by atoms with van der Waals surface area (Å²) < 4.78 is 47.0. The number of fused-ring (bicyclic) bond motifs is 3. The van der Waals surface area contributed by atoms with Crippen LogP contribution < -0.4 is 16.4 Å². The number of halogens is 3. The lowest BCUT2D eigenvalue weighted by atomic mass is 10.1. The number of imidazole rings is 1. The fraction of sp³-hybridized carbons (Fsp3) is 0.355. The summed E-state index contributed by atoms with van der Waals surface area (Å²) in [6.07, 6.45) is 5.22. The molecule has 1 saturated carbocycles. The predicted octanol–water partition coefficient (Wildman–Crippen LogP) is 5.01. The van der Waals surface area contributed by atoms with Crippen LogP contribution in [0.25, 0.3) is 22.9 Å². The summed E-state index contributed by atoms with van der Waals surface area (Å²) in [6.45, 7) is 0.992. The van der Waals surface area contributed by atoms with Crippen molar-refractivity contribution in [3.8, 4) is 11.3 Å². The molecule has 1 aliphatic carbocycles. The zero-order valence-electron chi connectivity index (χ0n) is 23.7. The van der Waals surface area contributed by atoms with Gasteiger partial charge in [-0.25, -0.2) is 15.0 Å². The highest BCUT2D eigenvalue weighted by Gasteiger charge is 2.33. The highest BCUT2D eigenvalue weighted by atomic mass is 19.4. The predicted molar refractivity (Wildman–Crippen MR) is 159 cm³/mol. The normalized spacial score (nSPS) is 21.1. The van der Waals surface area contributed by atoms with Gasteiger partial charge in [0.25, 0.3) is 5.91 Å². The van der Waals surface area contributed by atoms with E-state index in [2.05, 4.69) is 20.6 Å². The van der Waals surface area contributed by atoms with Gasteiger partial charge in [-0.1, -0.05) is 18.2 Å². The molecular formula is C31H32F3N7O3. The molecule has 2 bridgehead atoms. The van der Waals surface area contributed by atoms with E-state index >= 15 is 0 Å². The van der Waals surface area contributed by atoms with Crippen LogP contribution in [-0.4, -0.2) is 55.8 Å². The number of nitrogen functional groups attached to an aromatic ring is 1. The number of hydrogen-bond donors (Lipinski definition) is 4. The lowest BCUT2D eigenvalue weighted by Crippen LogP contribution is -2.37. The summed E-state index contributed by atoms with van der Waals surface area (Å²) in [5.41, 5.74) is 8.54. The first-order valence-electron chi connectivity index (χ1n) is 14.5. The van der Waals surface area contributed by atoms with Crippen LogP contribution in [0.4, 0.5) is 24.8 Å². The minimum absolute atomic E-state index is 0.0984. The maximum atomic E-state index is 13.1. The molecule has 1 aromatic carbocycles. The number of nitrogens with zero attached hydrogens (tertiary/aromatic N) is 4. The van der Waals surface area contributed by atoms with E-state index in [4.69, 9.17) is 15.5 Å². The molecule has 5 N–H and O–H groups in total. The Morgan fingerprint density at radius 3 is 2.73 bits per heavy atom. The highest BCUT2D eigenvalue weighted by Crippen LogP contribution is 2.39. The second-order valence-corrected chi connectivity index (χ2v) is 11.0.